The number of furan rings is 1. The van der Waals surface area contributed by atoms with Crippen molar-refractivity contribution in [2.24, 2.45) is 0 Å². The minimum Gasteiger partial charge on any atom is -0.459 e. The topological polar surface area (TPSA) is 70.4 Å². The molecule has 36 heavy (non-hydrogen) atoms. The van der Waals surface area contributed by atoms with Crippen LogP contribution in [-0.2, 0) is 4.79 Å². The maximum absolute atomic E-state index is 12.8. The Balaban J connectivity index is 1.40. The maximum atomic E-state index is 12.8. The normalized spacial score (nSPS) is 17.2. The molecule has 1 aliphatic rings. The number of carbonyl (C=O) groups is 1. The van der Waals surface area contributed by atoms with Crippen LogP contribution >= 0.6 is 28.1 Å². The summed E-state index contributed by atoms with van der Waals surface area (Å²) < 4.78 is 7.37. The number of aryl methyl sites for hydroxylation is 1. The summed E-state index contributed by atoms with van der Waals surface area (Å²) in [4.78, 5) is 19.4. The molecule has 0 radical (unpaired) electrons. The average Bonchev–Trinajstić information content (AvgIpc) is 3.50. The van der Waals surface area contributed by atoms with Crippen LogP contribution in [0, 0.1) is 6.92 Å². The summed E-state index contributed by atoms with van der Waals surface area (Å²) in [5.41, 5.74) is 3.68. The zero-order valence-electron chi connectivity index (χ0n) is 19.6. The van der Waals surface area contributed by atoms with E-state index in [1.165, 1.54) is 0 Å². The quantitative estimate of drug-likeness (QED) is 0.254. The van der Waals surface area contributed by atoms with Gasteiger partial charge in [0, 0.05) is 34.9 Å². The molecular formula is C28H25BrN4O2S. The lowest BCUT2D eigenvalue weighted by Gasteiger charge is -2.26. The van der Waals surface area contributed by atoms with E-state index >= 15 is 0 Å². The van der Waals surface area contributed by atoms with E-state index in [0.29, 0.717) is 11.7 Å². The molecule has 1 saturated heterocycles. The van der Waals surface area contributed by atoms with Crippen LogP contribution in [0.3, 0.4) is 0 Å². The monoisotopic (exact) mass is 560 g/mol. The lowest BCUT2D eigenvalue weighted by Crippen LogP contribution is -2.32. The highest BCUT2D eigenvalue weighted by Gasteiger charge is 2.41. The van der Waals surface area contributed by atoms with Crippen LogP contribution in [0.25, 0.3) is 11.3 Å². The zero-order valence-corrected chi connectivity index (χ0v) is 22.1. The second-order valence-electron chi connectivity index (χ2n) is 8.64. The molecule has 0 saturated carbocycles. The Morgan fingerprint density at radius 3 is 2.61 bits per heavy atom. The number of amides is 1. The molecule has 6 nitrogen and oxygen atoms in total. The number of pyridine rings is 1. The molecule has 4 aromatic rings. The predicted octanol–water partition coefficient (Wildman–Crippen LogP) is 6.41. The molecule has 5 rings (SSSR count). The first-order valence-corrected chi connectivity index (χ1v) is 12.9. The van der Waals surface area contributed by atoms with Crippen molar-refractivity contribution in [1.82, 2.24) is 15.2 Å². The van der Waals surface area contributed by atoms with E-state index in [1.54, 1.807) is 6.20 Å². The molecule has 0 spiro atoms. The van der Waals surface area contributed by atoms with Gasteiger partial charge in [0.1, 0.15) is 17.6 Å². The molecule has 1 fully saturated rings. The van der Waals surface area contributed by atoms with E-state index in [0.717, 1.165) is 38.5 Å². The van der Waals surface area contributed by atoms with Crippen LogP contribution < -0.4 is 10.6 Å². The van der Waals surface area contributed by atoms with E-state index in [9.17, 15) is 4.79 Å². The molecule has 2 aromatic heterocycles. The third kappa shape index (κ3) is 5.20. The summed E-state index contributed by atoms with van der Waals surface area (Å²) in [7, 11) is 0. The lowest BCUT2D eigenvalue weighted by molar-refractivity contribution is -0.116. The Morgan fingerprint density at radius 2 is 1.86 bits per heavy atom. The van der Waals surface area contributed by atoms with Gasteiger partial charge in [0.25, 0.3) is 0 Å². The second kappa shape index (κ2) is 10.6. The van der Waals surface area contributed by atoms with Crippen molar-refractivity contribution in [2.45, 2.75) is 25.4 Å². The molecule has 3 heterocycles. The molecule has 0 unspecified atom stereocenters. The first kappa shape index (κ1) is 24.2. The second-order valence-corrected chi connectivity index (χ2v) is 9.94. The highest BCUT2D eigenvalue weighted by molar-refractivity contribution is 9.10. The smallest absolute Gasteiger partial charge is 0.226 e. The highest BCUT2D eigenvalue weighted by Crippen LogP contribution is 2.40. The Labute approximate surface area is 223 Å². The molecular weight excluding hydrogens is 536 g/mol. The van der Waals surface area contributed by atoms with Crippen molar-refractivity contribution in [3.8, 4) is 11.3 Å². The molecule has 2 N–H and O–H groups in total. The maximum Gasteiger partial charge on any atom is 0.226 e. The van der Waals surface area contributed by atoms with Crippen LogP contribution in [-0.4, -0.2) is 27.4 Å². The van der Waals surface area contributed by atoms with E-state index in [-0.39, 0.29) is 24.4 Å². The Bertz CT molecular complexity index is 1370. The van der Waals surface area contributed by atoms with Gasteiger partial charge in [-0.1, -0.05) is 52.3 Å². The van der Waals surface area contributed by atoms with E-state index in [4.69, 9.17) is 16.6 Å². The van der Waals surface area contributed by atoms with Gasteiger partial charge in [-0.15, -0.1) is 0 Å². The highest BCUT2D eigenvalue weighted by atomic mass is 79.9. The van der Waals surface area contributed by atoms with Gasteiger partial charge in [-0.2, -0.15) is 0 Å². The number of nitrogens with one attached hydrogen (secondary N) is 2. The van der Waals surface area contributed by atoms with Crippen molar-refractivity contribution < 1.29 is 9.21 Å². The van der Waals surface area contributed by atoms with Crippen molar-refractivity contribution in [1.29, 1.82) is 0 Å². The average molecular weight is 562 g/mol. The van der Waals surface area contributed by atoms with Crippen LogP contribution in [0.4, 0.5) is 5.69 Å². The number of anilines is 1. The number of carbonyl (C=O) groups excluding carboxylic acids is 1. The number of hydrogen-bond donors (Lipinski definition) is 2. The van der Waals surface area contributed by atoms with E-state index < -0.39 is 0 Å². The Morgan fingerprint density at radius 1 is 1.08 bits per heavy atom. The number of thiocarbonyl (C=S) groups is 1. The number of nitrogens with zero attached hydrogens (tertiary/aromatic N) is 2. The van der Waals surface area contributed by atoms with Crippen molar-refractivity contribution >= 4 is 44.9 Å². The summed E-state index contributed by atoms with van der Waals surface area (Å²) in [6, 6.07) is 25.0. The summed E-state index contributed by atoms with van der Waals surface area (Å²) in [6.45, 7) is 2.41. The summed E-state index contributed by atoms with van der Waals surface area (Å²) in [5, 5.41) is 6.98. The third-order valence-corrected chi connectivity index (χ3v) is 7.12. The first-order valence-electron chi connectivity index (χ1n) is 11.7. The number of halogens is 1. The van der Waals surface area contributed by atoms with E-state index in [2.05, 4.69) is 31.5 Å². The first-order chi connectivity index (χ1) is 17.5. The van der Waals surface area contributed by atoms with Gasteiger partial charge in [0.05, 0.1) is 11.7 Å². The van der Waals surface area contributed by atoms with Crippen LogP contribution in [0.1, 0.15) is 35.5 Å². The van der Waals surface area contributed by atoms with Gasteiger partial charge in [0.15, 0.2) is 5.11 Å². The molecule has 0 aliphatic carbocycles. The molecule has 8 heteroatoms. The van der Waals surface area contributed by atoms with Gasteiger partial charge in [0.2, 0.25) is 5.91 Å². The standard InChI is InChI=1S/C28H25BrN4O2S/c1-18-6-2-3-7-21(18)31-25(34)15-17-33-27(26(32-28(33)36)22-8-4-5-16-30-22)24-14-13-23(35-24)19-9-11-20(29)12-10-19/h2-14,16,26-27H,15,17H2,1H3,(H,31,34)(H,32,36)/t26-,27-/m0/s1. The van der Waals surface area contributed by atoms with Crippen molar-refractivity contribution in [3.05, 3.63) is 107 Å². The molecule has 182 valence electrons. The van der Waals surface area contributed by atoms with Crippen LogP contribution in [0.15, 0.2) is 93.9 Å². The molecule has 1 amide bonds. The van der Waals surface area contributed by atoms with Gasteiger partial charge < -0.3 is 20.0 Å². The predicted molar refractivity (Wildman–Crippen MR) is 148 cm³/mol. The number of aromatic nitrogens is 1. The number of hydrogen-bond acceptors (Lipinski definition) is 4. The molecule has 1 aliphatic heterocycles. The molecule has 2 atom stereocenters. The number of benzene rings is 2. The van der Waals surface area contributed by atoms with Crippen LogP contribution in [0.5, 0.6) is 0 Å². The van der Waals surface area contributed by atoms with E-state index in [1.807, 2.05) is 90.7 Å². The Kier molecular flexibility index (Phi) is 7.16. The third-order valence-electron chi connectivity index (χ3n) is 6.24. The van der Waals surface area contributed by atoms with Crippen molar-refractivity contribution in [3.63, 3.8) is 0 Å². The van der Waals surface area contributed by atoms with Crippen molar-refractivity contribution in [2.75, 3.05) is 11.9 Å². The number of rotatable bonds is 7. The van der Waals surface area contributed by atoms with Crippen LogP contribution in [0.2, 0.25) is 0 Å². The summed E-state index contributed by atoms with van der Waals surface area (Å²) in [5.74, 6) is 1.46. The number of para-hydroxylation sites is 1. The Hall–Kier alpha value is -3.49. The van der Waals surface area contributed by atoms with Gasteiger partial charge in [-0.25, -0.2) is 0 Å². The van der Waals surface area contributed by atoms with Gasteiger partial charge >= 0.3 is 0 Å². The summed E-state index contributed by atoms with van der Waals surface area (Å²) >= 11 is 9.20. The molecule has 2 aromatic carbocycles. The fourth-order valence-electron chi connectivity index (χ4n) is 4.38. The minimum atomic E-state index is -0.247. The minimum absolute atomic E-state index is 0.0675. The van der Waals surface area contributed by atoms with Gasteiger partial charge in [-0.05, 0) is 67.2 Å². The fourth-order valence-corrected chi connectivity index (χ4v) is 4.98. The molecule has 0 bridgehead atoms. The zero-order chi connectivity index (χ0) is 25.1. The van der Waals surface area contributed by atoms with Gasteiger partial charge in [-0.3, -0.25) is 9.78 Å². The fraction of sp³-hybridized carbons (Fsp3) is 0.179. The largest absolute Gasteiger partial charge is 0.459 e. The lowest BCUT2D eigenvalue weighted by atomic mass is 10.0. The SMILES string of the molecule is Cc1ccccc1NC(=O)CCN1C(=S)N[C@@H](c2ccccn2)[C@@H]1c1ccc(-c2ccc(Br)cc2)o1. The summed E-state index contributed by atoms with van der Waals surface area (Å²) in [6.07, 6.45) is 2.05.